The minimum absolute atomic E-state index is 0. The number of ether oxygens (including phenoxy) is 1. The Morgan fingerprint density at radius 1 is 1.18 bits per heavy atom. The lowest BCUT2D eigenvalue weighted by Crippen LogP contribution is -2.52. The van der Waals surface area contributed by atoms with Crippen LogP contribution in [-0.4, -0.2) is 55.3 Å². The van der Waals surface area contributed by atoms with Gasteiger partial charge in [-0.25, -0.2) is 0 Å². The van der Waals surface area contributed by atoms with Gasteiger partial charge in [-0.3, -0.25) is 9.89 Å². The molecule has 22 heavy (non-hydrogen) atoms. The third-order valence-electron chi connectivity index (χ3n) is 4.71. The zero-order chi connectivity index (χ0) is 15.1. The Bertz CT molecular complexity index is 335. The molecule has 2 fully saturated rings. The summed E-state index contributed by atoms with van der Waals surface area (Å²) >= 11 is 0. The molecule has 1 saturated carbocycles. The lowest BCUT2D eigenvalue weighted by Gasteiger charge is -2.39. The first kappa shape index (κ1) is 20.0. The summed E-state index contributed by atoms with van der Waals surface area (Å²) in [7, 11) is 0. The highest BCUT2D eigenvalue weighted by Crippen LogP contribution is 2.18. The maximum absolute atomic E-state index is 6.09. The molecule has 0 aromatic rings. The molecule has 0 amide bonds. The van der Waals surface area contributed by atoms with Crippen molar-refractivity contribution in [2.24, 2.45) is 10.7 Å². The van der Waals surface area contributed by atoms with Crippen LogP contribution in [0.15, 0.2) is 4.99 Å². The van der Waals surface area contributed by atoms with E-state index in [1.54, 1.807) is 0 Å². The number of hydrogen-bond donors (Lipinski definition) is 2. The third kappa shape index (κ3) is 6.58. The SMILES string of the molecule is CC(C)(CN=C(N)NC1CCCCCC1)N1CCOCC1.I. The molecule has 0 unspecified atom stereocenters. The maximum Gasteiger partial charge on any atom is 0.188 e. The fraction of sp³-hybridized carbons (Fsp3) is 0.938. The second kappa shape index (κ2) is 9.93. The molecule has 0 aromatic carbocycles. The van der Waals surface area contributed by atoms with Crippen molar-refractivity contribution in [2.75, 3.05) is 32.8 Å². The van der Waals surface area contributed by atoms with Gasteiger partial charge < -0.3 is 15.8 Å². The van der Waals surface area contributed by atoms with E-state index in [4.69, 9.17) is 10.5 Å². The molecule has 1 aliphatic carbocycles. The van der Waals surface area contributed by atoms with E-state index in [1.807, 2.05) is 0 Å². The van der Waals surface area contributed by atoms with Gasteiger partial charge in [-0.05, 0) is 26.7 Å². The van der Waals surface area contributed by atoms with Crippen molar-refractivity contribution in [3.8, 4) is 0 Å². The van der Waals surface area contributed by atoms with Gasteiger partial charge in [0.25, 0.3) is 0 Å². The smallest absolute Gasteiger partial charge is 0.188 e. The van der Waals surface area contributed by atoms with E-state index in [9.17, 15) is 0 Å². The van der Waals surface area contributed by atoms with Crippen molar-refractivity contribution in [1.29, 1.82) is 0 Å². The second-order valence-corrected chi connectivity index (χ2v) is 6.95. The Morgan fingerprint density at radius 3 is 2.36 bits per heavy atom. The van der Waals surface area contributed by atoms with Gasteiger partial charge >= 0.3 is 0 Å². The standard InChI is InChI=1S/C16H32N4O.HI/c1-16(2,20-9-11-21-12-10-20)13-18-15(17)19-14-7-5-3-4-6-8-14;/h14H,3-13H2,1-2H3,(H3,17,18,19);1H. The first-order valence-corrected chi connectivity index (χ1v) is 8.47. The van der Waals surface area contributed by atoms with E-state index in [0.29, 0.717) is 12.0 Å². The number of hydrogen-bond acceptors (Lipinski definition) is 3. The van der Waals surface area contributed by atoms with Gasteiger partial charge in [0.05, 0.1) is 19.8 Å². The average Bonchev–Trinajstić information content (AvgIpc) is 2.75. The van der Waals surface area contributed by atoms with Crippen molar-refractivity contribution in [2.45, 2.75) is 64.0 Å². The fourth-order valence-electron chi connectivity index (χ4n) is 3.23. The number of halogens is 1. The molecule has 1 aliphatic heterocycles. The minimum atomic E-state index is 0. The van der Waals surface area contributed by atoms with Crippen LogP contribution in [0.1, 0.15) is 52.4 Å². The van der Waals surface area contributed by atoms with Crippen LogP contribution in [0.25, 0.3) is 0 Å². The molecule has 2 rings (SSSR count). The van der Waals surface area contributed by atoms with Crippen LogP contribution in [-0.2, 0) is 4.74 Å². The topological polar surface area (TPSA) is 62.9 Å². The van der Waals surface area contributed by atoms with Gasteiger partial charge in [-0.1, -0.05) is 25.7 Å². The van der Waals surface area contributed by atoms with Gasteiger partial charge in [0.1, 0.15) is 0 Å². The van der Waals surface area contributed by atoms with Crippen molar-refractivity contribution in [3.63, 3.8) is 0 Å². The quantitative estimate of drug-likeness (QED) is 0.315. The molecule has 0 aromatic heterocycles. The lowest BCUT2D eigenvalue weighted by atomic mass is 10.0. The predicted molar refractivity (Wildman–Crippen MR) is 103 cm³/mol. The van der Waals surface area contributed by atoms with Gasteiger partial charge in [-0.15, -0.1) is 24.0 Å². The van der Waals surface area contributed by atoms with E-state index < -0.39 is 0 Å². The zero-order valence-electron chi connectivity index (χ0n) is 14.1. The molecule has 5 nitrogen and oxygen atoms in total. The van der Waals surface area contributed by atoms with E-state index in [1.165, 1.54) is 38.5 Å². The molecular formula is C16H33IN4O. The molecule has 130 valence electrons. The molecule has 1 heterocycles. The average molecular weight is 424 g/mol. The summed E-state index contributed by atoms with van der Waals surface area (Å²) in [5.41, 5.74) is 6.13. The van der Waals surface area contributed by atoms with Crippen LogP contribution >= 0.6 is 24.0 Å². The van der Waals surface area contributed by atoms with Crippen LogP contribution < -0.4 is 11.1 Å². The highest BCUT2D eigenvalue weighted by molar-refractivity contribution is 14.0. The molecule has 0 atom stereocenters. The Kier molecular flexibility index (Phi) is 9.01. The summed E-state index contributed by atoms with van der Waals surface area (Å²) in [5.74, 6) is 0.614. The maximum atomic E-state index is 6.09. The lowest BCUT2D eigenvalue weighted by molar-refractivity contribution is -0.00682. The van der Waals surface area contributed by atoms with Crippen LogP contribution in [0.5, 0.6) is 0 Å². The molecule has 3 N–H and O–H groups in total. The molecular weight excluding hydrogens is 391 g/mol. The van der Waals surface area contributed by atoms with E-state index in [0.717, 1.165) is 32.8 Å². The van der Waals surface area contributed by atoms with Crippen LogP contribution in [0.4, 0.5) is 0 Å². The predicted octanol–water partition coefficient (Wildman–Crippen LogP) is 2.34. The number of nitrogens with one attached hydrogen (secondary N) is 1. The molecule has 0 radical (unpaired) electrons. The van der Waals surface area contributed by atoms with E-state index >= 15 is 0 Å². The van der Waals surface area contributed by atoms with Crippen molar-refractivity contribution in [3.05, 3.63) is 0 Å². The normalized spacial score (nSPS) is 22.7. The molecule has 0 spiro atoms. The number of guanidine groups is 1. The summed E-state index contributed by atoms with van der Waals surface area (Å²) < 4.78 is 5.42. The first-order valence-electron chi connectivity index (χ1n) is 8.47. The summed E-state index contributed by atoms with van der Waals surface area (Å²) in [6.45, 7) is 8.82. The minimum Gasteiger partial charge on any atom is -0.379 e. The third-order valence-corrected chi connectivity index (χ3v) is 4.71. The van der Waals surface area contributed by atoms with Gasteiger partial charge in [-0.2, -0.15) is 0 Å². The number of nitrogens with two attached hydrogens (primary N) is 1. The number of nitrogens with zero attached hydrogens (tertiary/aromatic N) is 2. The van der Waals surface area contributed by atoms with Crippen molar-refractivity contribution in [1.82, 2.24) is 10.2 Å². The molecule has 0 bridgehead atoms. The highest BCUT2D eigenvalue weighted by Gasteiger charge is 2.28. The Morgan fingerprint density at radius 2 is 1.77 bits per heavy atom. The monoisotopic (exact) mass is 424 g/mol. The van der Waals surface area contributed by atoms with Crippen LogP contribution in [0.3, 0.4) is 0 Å². The Hall–Kier alpha value is -0.0800. The molecule has 2 aliphatic rings. The largest absolute Gasteiger partial charge is 0.379 e. The van der Waals surface area contributed by atoms with E-state index in [-0.39, 0.29) is 29.5 Å². The summed E-state index contributed by atoms with van der Waals surface area (Å²) in [6.07, 6.45) is 7.79. The highest BCUT2D eigenvalue weighted by atomic mass is 127. The van der Waals surface area contributed by atoms with Crippen LogP contribution in [0, 0.1) is 0 Å². The number of morpholine rings is 1. The summed E-state index contributed by atoms with van der Waals surface area (Å²) in [4.78, 5) is 7.04. The van der Waals surface area contributed by atoms with Gasteiger partial charge in [0.2, 0.25) is 0 Å². The number of rotatable bonds is 4. The Labute approximate surface area is 152 Å². The van der Waals surface area contributed by atoms with Crippen molar-refractivity contribution < 1.29 is 4.74 Å². The van der Waals surface area contributed by atoms with Crippen molar-refractivity contribution >= 4 is 29.9 Å². The van der Waals surface area contributed by atoms with Crippen LogP contribution in [0.2, 0.25) is 0 Å². The molecule has 1 saturated heterocycles. The summed E-state index contributed by atoms with van der Waals surface area (Å²) in [5, 5.41) is 3.42. The van der Waals surface area contributed by atoms with E-state index in [2.05, 4.69) is 29.1 Å². The molecule has 6 heteroatoms. The first-order chi connectivity index (χ1) is 10.1. The summed E-state index contributed by atoms with van der Waals surface area (Å²) in [6, 6.07) is 0.516. The zero-order valence-corrected chi connectivity index (χ0v) is 16.5. The number of aliphatic imine (C=N–C) groups is 1. The second-order valence-electron chi connectivity index (χ2n) is 6.95. The van der Waals surface area contributed by atoms with Gasteiger partial charge in [0.15, 0.2) is 5.96 Å². The Balaban J connectivity index is 0.00000242. The van der Waals surface area contributed by atoms with Gasteiger partial charge in [0, 0.05) is 24.7 Å². The fourth-order valence-corrected chi connectivity index (χ4v) is 3.23.